The monoisotopic (exact) mass is 244 g/mol. The lowest BCUT2D eigenvalue weighted by molar-refractivity contribution is 0.102. The number of nitrogens with zero attached hydrogens (tertiary/aromatic N) is 1. The maximum Gasteiger partial charge on any atom is 0.261 e. The molecule has 1 heterocycles. The van der Waals surface area contributed by atoms with Crippen molar-refractivity contribution < 1.29 is 9.32 Å². The summed E-state index contributed by atoms with van der Waals surface area (Å²) in [5, 5.41) is 6.71. The number of carbonyl (C=O) groups excluding carboxylic acids is 1. The quantitative estimate of drug-likeness (QED) is 0.900. The maximum absolute atomic E-state index is 12.2. The van der Waals surface area contributed by atoms with Gasteiger partial charge in [0.2, 0.25) is 0 Å². The van der Waals surface area contributed by atoms with Gasteiger partial charge < -0.3 is 9.84 Å². The van der Waals surface area contributed by atoms with Gasteiger partial charge in [-0.2, -0.15) is 0 Å². The summed E-state index contributed by atoms with van der Waals surface area (Å²) < 4.78 is 5.20. The van der Waals surface area contributed by atoms with Crippen LogP contribution in [0.5, 0.6) is 0 Å². The Kier molecular flexibility index (Phi) is 3.46. The van der Waals surface area contributed by atoms with Crippen LogP contribution in [0, 0.1) is 6.92 Å². The standard InChI is InChI=1S/C14H16N2O2/c1-9(2)13-12(10(3)16-18-13)14(17)15-11-7-5-4-6-8-11/h4-9H,1-3H3,(H,15,17). The highest BCUT2D eigenvalue weighted by Crippen LogP contribution is 2.23. The molecule has 1 aromatic carbocycles. The summed E-state index contributed by atoms with van der Waals surface area (Å²) in [6.45, 7) is 5.72. The SMILES string of the molecule is Cc1noc(C(C)C)c1C(=O)Nc1ccccc1. The van der Waals surface area contributed by atoms with E-state index in [1.165, 1.54) is 0 Å². The molecule has 2 aromatic rings. The van der Waals surface area contributed by atoms with Crippen LogP contribution in [-0.4, -0.2) is 11.1 Å². The smallest absolute Gasteiger partial charge is 0.261 e. The van der Waals surface area contributed by atoms with Crippen LogP contribution in [0.2, 0.25) is 0 Å². The second-order valence-corrected chi connectivity index (χ2v) is 4.48. The van der Waals surface area contributed by atoms with Gasteiger partial charge in [0.05, 0.1) is 5.69 Å². The number of carbonyl (C=O) groups is 1. The predicted octanol–water partition coefficient (Wildman–Crippen LogP) is 3.36. The van der Waals surface area contributed by atoms with E-state index in [0.717, 1.165) is 5.69 Å². The van der Waals surface area contributed by atoms with Gasteiger partial charge in [-0.1, -0.05) is 37.2 Å². The number of nitrogens with one attached hydrogen (secondary N) is 1. The highest BCUT2D eigenvalue weighted by atomic mass is 16.5. The van der Waals surface area contributed by atoms with Gasteiger partial charge in [-0.3, -0.25) is 4.79 Å². The number of rotatable bonds is 3. The number of hydrogen-bond donors (Lipinski definition) is 1. The summed E-state index contributed by atoms with van der Waals surface area (Å²) in [5.41, 5.74) is 1.92. The first-order valence-electron chi connectivity index (χ1n) is 5.92. The van der Waals surface area contributed by atoms with E-state index < -0.39 is 0 Å². The lowest BCUT2D eigenvalue weighted by atomic mass is 10.0. The van der Waals surface area contributed by atoms with Gasteiger partial charge in [0.25, 0.3) is 5.91 Å². The molecule has 0 bridgehead atoms. The number of hydrogen-bond acceptors (Lipinski definition) is 3. The molecule has 1 amide bonds. The average molecular weight is 244 g/mol. The van der Waals surface area contributed by atoms with E-state index in [0.29, 0.717) is 17.0 Å². The van der Waals surface area contributed by atoms with E-state index in [2.05, 4.69) is 10.5 Å². The predicted molar refractivity (Wildman–Crippen MR) is 69.7 cm³/mol. The first-order valence-corrected chi connectivity index (χ1v) is 5.92. The molecule has 1 aromatic heterocycles. The van der Waals surface area contributed by atoms with Gasteiger partial charge in [0.15, 0.2) is 5.76 Å². The van der Waals surface area contributed by atoms with Crippen LogP contribution in [0.1, 0.15) is 41.6 Å². The summed E-state index contributed by atoms with van der Waals surface area (Å²) in [6, 6.07) is 9.34. The average Bonchev–Trinajstić information content (AvgIpc) is 2.72. The molecule has 2 rings (SSSR count). The van der Waals surface area contributed by atoms with Crippen molar-refractivity contribution in [3.05, 3.63) is 47.3 Å². The molecule has 4 heteroatoms. The summed E-state index contributed by atoms with van der Waals surface area (Å²) in [4.78, 5) is 12.2. The zero-order chi connectivity index (χ0) is 13.1. The highest BCUT2D eigenvalue weighted by molar-refractivity contribution is 6.05. The minimum absolute atomic E-state index is 0.128. The lowest BCUT2D eigenvalue weighted by Crippen LogP contribution is -2.14. The Morgan fingerprint density at radius 3 is 2.56 bits per heavy atom. The minimum atomic E-state index is -0.177. The molecular formula is C14H16N2O2. The van der Waals surface area contributed by atoms with E-state index in [4.69, 9.17) is 4.52 Å². The molecule has 94 valence electrons. The van der Waals surface area contributed by atoms with Crippen LogP contribution in [0.3, 0.4) is 0 Å². The third-order valence-electron chi connectivity index (χ3n) is 2.67. The van der Waals surface area contributed by atoms with Crippen LogP contribution in [0.15, 0.2) is 34.9 Å². The molecule has 0 saturated heterocycles. The maximum atomic E-state index is 12.2. The van der Waals surface area contributed by atoms with Gasteiger partial charge in [-0.25, -0.2) is 0 Å². The number of benzene rings is 1. The minimum Gasteiger partial charge on any atom is -0.360 e. The summed E-state index contributed by atoms with van der Waals surface area (Å²) in [5.74, 6) is 0.576. The van der Waals surface area contributed by atoms with E-state index in [1.54, 1.807) is 6.92 Å². The Balaban J connectivity index is 2.27. The molecule has 0 saturated carbocycles. The third-order valence-corrected chi connectivity index (χ3v) is 2.67. The first-order chi connectivity index (χ1) is 8.59. The lowest BCUT2D eigenvalue weighted by Gasteiger charge is -2.06. The molecular weight excluding hydrogens is 228 g/mol. The van der Waals surface area contributed by atoms with E-state index in [-0.39, 0.29) is 11.8 Å². The van der Waals surface area contributed by atoms with Crippen molar-refractivity contribution in [2.45, 2.75) is 26.7 Å². The van der Waals surface area contributed by atoms with Crippen molar-refractivity contribution in [1.29, 1.82) is 0 Å². The Bertz CT molecular complexity index is 544. The van der Waals surface area contributed by atoms with Gasteiger partial charge in [-0.15, -0.1) is 0 Å². The van der Waals surface area contributed by atoms with Crippen molar-refractivity contribution >= 4 is 11.6 Å². The fraction of sp³-hybridized carbons (Fsp3) is 0.286. The van der Waals surface area contributed by atoms with Crippen LogP contribution in [0.25, 0.3) is 0 Å². The Labute approximate surface area is 106 Å². The fourth-order valence-corrected chi connectivity index (χ4v) is 1.77. The second-order valence-electron chi connectivity index (χ2n) is 4.48. The fourth-order valence-electron chi connectivity index (χ4n) is 1.77. The zero-order valence-electron chi connectivity index (χ0n) is 10.7. The highest BCUT2D eigenvalue weighted by Gasteiger charge is 2.22. The van der Waals surface area contributed by atoms with Crippen molar-refractivity contribution in [2.75, 3.05) is 5.32 Å². The largest absolute Gasteiger partial charge is 0.360 e. The summed E-state index contributed by atoms with van der Waals surface area (Å²) >= 11 is 0. The van der Waals surface area contributed by atoms with Crippen LogP contribution in [-0.2, 0) is 0 Å². The van der Waals surface area contributed by atoms with E-state index in [9.17, 15) is 4.79 Å². The Morgan fingerprint density at radius 2 is 1.94 bits per heavy atom. The van der Waals surface area contributed by atoms with Crippen molar-refractivity contribution in [3.63, 3.8) is 0 Å². The summed E-state index contributed by atoms with van der Waals surface area (Å²) in [7, 11) is 0. The van der Waals surface area contributed by atoms with Gasteiger partial charge in [0, 0.05) is 11.6 Å². The number of aromatic nitrogens is 1. The Hall–Kier alpha value is -2.10. The molecule has 4 nitrogen and oxygen atoms in total. The van der Waals surface area contributed by atoms with Gasteiger partial charge in [-0.05, 0) is 19.1 Å². The van der Waals surface area contributed by atoms with E-state index >= 15 is 0 Å². The molecule has 0 aliphatic rings. The molecule has 0 aliphatic heterocycles. The molecule has 18 heavy (non-hydrogen) atoms. The van der Waals surface area contributed by atoms with Crippen molar-refractivity contribution in [3.8, 4) is 0 Å². The number of para-hydroxylation sites is 1. The normalized spacial score (nSPS) is 10.7. The second kappa shape index (κ2) is 5.04. The summed E-state index contributed by atoms with van der Waals surface area (Å²) in [6.07, 6.45) is 0. The number of amides is 1. The van der Waals surface area contributed by atoms with Crippen LogP contribution in [0.4, 0.5) is 5.69 Å². The number of aryl methyl sites for hydroxylation is 1. The van der Waals surface area contributed by atoms with Crippen LogP contribution < -0.4 is 5.32 Å². The van der Waals surface area contributed by atoms with Gasteiger partial charge in [0.1, 0.15) is 5.56 Å². The molecule has 0 unspecified atom stereocenters. The topological polar surface area (TPSA) is 55.1 Å². The van der Waals surface area contributed by atoms with Crippen molar-refractivity contribution in [1.82, 2.24) is 5.16 Å². The van der Waals surface area contributed by atoms with Crippen molar-refractivity contribution in [2.24, 2.45) is 0 Å². The zero-order valence-corrected chi connectivity index (χ0v) is 10.7. The molecule has 0 fully saturated rings. The number of anilines is 1. The molecule has 0 radical (unpaired) electrons. The first kappa shape index (κ1) is 12.4. The van der Waals surface area contributed by atoms with Crippen LogP contribution >= 0.6 is 0 Å². The van der Waals surface area contributed by atoms with Gasteiger partial charge >= 0.3 is 0 Å². The Morgan fingerprint density at radius 1 is 1.28 bits per heavy atom. The molecule has 0 atom stereocenters. The van der Waals surface area contributed by atoms with E-state index in [1.807, 2.05) is 44.2 Å². The molecule has 0 spiro atoms. The molecule has 1 N–H and O–H groups in total. The third kappa shape index (κ3) is 2.42. The molecule has 0 aliphatic carbocycles.